The van der Waals surface area contributed by atoms with Gasteiger partial charge in [-0.15, -0.1) is 11.6 Å². The van der Waals surface area contributed by atoms with Crippen molar-refractivity contribution in [3.63, 3.8) is 0 Å². The molecule has 1 aromatic carbocycles. The summed E-state index contributed by atoms with van der Waals surface area (Å²) in [6.07, 6.45) is 0. The summed E-state index contributed by atoms with van der Waals surface area (Å²) in [5, 5.41) is 8.88. The van der Waals surface area contributed by atoms with Crippen molar-refractivity contribution in [1.29, 1.82) is 0 Å². The van der Waals surface area contributed by atoms with Crippen LogP contribution in [0, 0.1) is 6.92 Å². The van der Waals surface area contributed by atoms with Gasteiger partial charge >= 0.3 is 5.97 Å². The lowest BCUT2D eigenvalue weighted by atomic mass is 9.95. The minimum atomic E-state index is -0.819. The lowest BCUT2D eigenvalue weighted by molar-refractivity contribution is -0.138. The number of rotatable bonds is 3. The molecule has 0 radical (unpaired) electrons. The lowest BCUT2D eigenvalue weighted by Gasteiger charge is -2.11. The van der Waals surface area contributed by atoms with Crippen LogP contribution in [-0.2, 0) is 10.7 Å². The van der Waals surface area contributed by atoms with Gasteiger partial charge in [0, 0.05) is 5.88 Å². The molecule has 1 atom stereocenters. The topological polar surface area (TPSA) is 37.3 Å². The molecule has 76 valence electrons. The van der Waals surface area contributed by atoms with Gasteiger partial charge in [-0.2, -0.15) is 0 Å². The Morgan fingerprint density at radius 2 is 2.21 bits per heavy atom. The zero-order valence-electron chi connectivity index (χ0n) is 8.25. The molecular weight excluding hydrogens is 200 g/mol. The van der Waals surface area contributed by atoms with E-state index in [1.165, 1.54) is 0 Å². The predicted octanol–water partition coefficient (Wildman–Crippen LogP) is 2.92. The summed E-state index contributed by atoms with van der Waals surface area (Å²) < 4.78 is 0. The molecule has 14 heavy (non-hydrogen) atoms. The minimum absolute atomic E-state index is 0.356. The zero-order valence-corrected chi connectivity index (χ0v) is 9.01. The van der Waals surface area contributed by atoms with Crippen molar-refractivity contribution in [2.24, 2.45) is 0 Å². The number of alkyl halides is 1. The van der Waals surface area contributed by atoms with Crippen LogP contribution in [0.1, 0.15) is 29.5 Å². The van der Waals surface area contributed by atoms with Crippen molar-refractivity contribution in [3.8, 4) is 0 Å². The van der Waals surface area contributed by atoms with Crippen molar-refractivity contribution in [1.82, 2.24) is 0 Å². The second-order valence-electron chi connectivity index (χ2n) is 3.40. The molecule has 0 heterocycles. The third-order valence-electron chi connectivity index (χ3n) is 2.28. The van der Waals surface area contributed by atoms with Crippen molar-refractivity contribution in [3.05, 3.63) is 34.9 Å². The fourth-order valence-corrected chi connectivity index (χ4v) is 1.64. The Bertz CT molecular complexity index is 347. The summed E-state index contributed by atoms with van der Waals surface area (Å²) in [7, 11) is 0. The number of carboxylic acids is 1. The number of hydrogen-bond acceptors (Lipinski definition) is 1. The van der Waals surface area contributed by atoms with Gasteiger partial charge in [-0.3, -0.25) is 4.79 Å². The zero-order chi connectivity index (χ0) is 10.7. The van der Waals surface area contributed by atoms with Crippen molar-refractivity contribution in [2.45, 2.75) is 25.6 Å². The first-order valence-corrected chi connectivity index (χ1v) is 4.98. The molecular formula is C11H13ClO2. The van der Waals surface area contributed by atoms with Gasteiger partial charge < -0.3 is 5.11 Å². The summed E-state index contributed by atoms with van der Waals surface area (Å²) in [5.41, 5.74) is 2.81. The van der Waals surface area contributed by atoms with E-state index in [0.29, 0.717) is 5.88 Å². The molecule has 0 aliphatic rings. The van der Waals surface area contributed by atoms with Gasteiger partial charge in [0.15, 0.2) is 0 Å². The Morgan fingerprint density at radius 1 is 1.57 bits per heavy atom. The summed E-state index contributed by atoms with van der Waals surface area (Å²) in [6, 6.07) is 5.68. The molecule has 0 aromatic heterocycles. The van der Waals surface area contributed by atoms with Crippen LogP contribution in [0.5, 0.6) is 0 Å². The highest BCUT2D eigenvalue weighted by atomic mass is 35.5. The van der Waals surface area contributed by atoms with Gasteiger partial charge in [0.1, 0.15) is 0 Å². The quantitative estimate of drug-likeness (QED) is 0.783. The number of benzene rings is 1. The Balaban J connectivity index is 3.13. The molecule has 2 nitrogen and oxygen atoms in total. The Hall–Kier alpha value is -1.02. The van der Waals surface area contributed by atoms with Crippen LogP contribution in [0.25, 0.3) is 0 Å². The average Bonchev–Trinajstić information content (AvgIpc) is 2.16. The average molecular weight is 213 g/mol. The molecule has 0 bridgehead atoms. The highest BCUT2D eigenvalue weighted by Gasteiger charge is 2.16. The Kier molecular flexibility index (Phi) is 3.53. The monoisotopic (exact) mass is 212 g/mol. The highest BCUT2D eigenvalue weighted by Crippen LogP contribution is 2.22. The Morgan fingerprint density at radius 3 is 2.71 bits per heavy atom. The van der Waals surface area contributed by atoms with Gasteiger partial charge in [0.2, 0.25) is 0 Å². The van der Waals surface area contributed by atoms with Gasteiger partial charge in [0.05, 0.1) is 5.92 Å². The number of aliphatic carboxylic acids is 1. The van der Waals surface area contributed by atoms with E-state index in [1.54, 1.807) is 6.92 Å². The molecule has 0 spiro atoms. The molecule has 0 saturated heterocycles. The second kappa shape index (κ2) is 4.47. The van der Waals surface area contributed by atoms with Crippen LogP contribution in [0.3, 0.4) is 0 Å². The lowest BCUT2D eigenvalue weighted by Crippen LogP contribution is -2.09. The van der Waals surface area contributed by atoms with Crippen molar-refractivity contribution < 1.29 is 9.90 Å². The minimum Gasteiger partial charge on any atom is -0.481 e. The molecule has 1 aromatic rings. The smallest absolute Gasteiger partial charge is 0.310 e. The van der Waals surface area contributed by atoms with E-state index in [1.807, 2.05) is 25.1 Å². The fourth-order valence-electron chi connectivity index (χ4n) is 1.41. The van der Waals surface area contributed by atoms with E-state index in [9.17, 15) is 4.79 Å². The normalized spacial score (nSPS) is 12.5. The SMILES string of the molecule is Cc1ccc(C(C)C(=O)O)c(CCl)c1. The molecule has 0 amide bonds. The second-order valence-corrected chi connectivity index (χ2v) is 3.66. The van der Waals surface area contributed by atoms with E-state index < -0.39 is 11.9 Å². The van der Waals surface area contributed by atoms with Crippen LogP contribution < -0.4 is 0 Å². The fraction of sp³-hybridized carbons (Fsp3) is 0.364. The number of hydrogen-bond donors (Lipinski definition) is 1. The van der Waals surface area contributed by atoms with E-state index in [0.717, 1.165) is 16.7 Å². The number of carboxylic acid groups (broad SMARTS) is 1. The molecule has 3 heteroatoms. The van der Waals surface area contributed by atoms with Gasteiger partial charge in [-0.25, -0.2) is 0 Å². The summed E-state index contributed by atoms with van der Waals surface area (Å²) in [4.78, 5) is 10.8. The molecule has 0 saturated carbocycles. The number of carbonyl (C=O) groups is 1. The summed E-state index contributed by atoms with van der Waals surface area (Å²) in [5.74, 6) is -0.959. The van der Waals surface area contributed by atoms with Gasteiger partial charge in [-0.1, -0.05) is 23.8 Å². The first-order chi connectivity index (χ1) is 6.56. The summed E-state index contributed by atoms with van der Waals surface area (Å²) >= 11 is 5.76. The molecule has 1 rings (SSSR count). The van der Waals surface area contributed by atoms with Gasteiger partial charge in [0.25, 0.3) is 0 Å². The van der Waals surface area contributed by atoms with Crippen LogP contribution >= 0.6 is 11.6 Å². The largest absolute Gasteiger partial charge is 0.481 e. The molecule has 1 unspecified atom stereocenters. The van der Waals surface area contributed by atoms with E-state index in [2.05, 4.69) is 0 Å². The first kappa shape index (κ1) is 11.1. The van der Waals surface area contributed by atoms with Crippen LogP contribution in [0.4, 0.5) is 0 Å². The Labute approximate surface area is 88.5 Å². The highest BCUT2D eigenvalue weighted by molar-refractivity contribution is 6.17. The standard InChI is InChI=1S/C11H13ClO2/c1-7-3-4-10(8(2)11(13)14)9(5-7)6-12/h3-5,8H,6H2,1-2H3,(H,13,14). The third-order valence-corrected chi connectivity index (χ3v) is 2.57. The predicted molar refractivity (Wildman–Crippen MR) is 56.8 cm³/mol. The van der Waals surface area contributed by atoms with E-state index >= 15 is 0 Å². The summed E-state index contributed by atoms with van der Waals surface area (Å²) in [6.45, 7) is 3.63. The van der Waals surface area contributed by atoms with E-state index in [-0.39, 0.29) is 0 Å². The maximum absolute atomic E-state index is 10.8. The number of halogens is 1. The van der Waals surface area contributed by atoms with Crippen LogP contribution in [-0.4, -0.2) is 11.1 Å². The maximum atomic E-state index is 10.8. The van der Waals surface area contributed by atoms with Crippen molar-refractivity contribution in [2.75, 3.05) is 0 Å². The molecule has 0 aliphatic heterocycles. The third kappa shape index (κ3) is 2.26. The molecule has 0 aliphatic carbocycles. The van der Waals surface area contributed by atoms with Gasteiger partial charge in [-0.05, 0) is 25.0 Å². The number of aryl methyl sites for hydroxylation is 1. The molecule has 1 N–H and O–H groups in total. The van der Waals surface area contributed by atoms with Crippen LogP contribution in [0.2, 0.25) is 0 Å². The van der Waals surface area contributed by atoms with Crippen LogP contribution in [0.15, 0.2) is 18.2 Å². The van der Waals surface area contributed by atoms with Crippen molar-refractivity contribution >= 4 is 17.6 Å². The maximum Gasteiger partial charge on any atom is 0.310 e. The van der Waals surface area contributed by atoms with E-state index in [4.69, 9.17) is 16.7 Å². The first-order valence-electron chi connectivity index (χ1n) is 4.44. The molecule has 0 fully saturated rings.